The van der Waals surface area contributed by atoms with E-state index in [9.17, 15) is 14.0 Å². The molecule has 1 heterocycles. The van der Waals surface area contributed by atoms with E-state index in [1.807, 2.05) is 4.90 Å². The zero-order valence-corrected chi connectivity index (χ0v) is 15.2. The van der Waals surface area contributed by atoms with Crippen molar-refractivity contribution in [3.63, 3.8) is 0 Å². The molecule has 0 atom stereocenters. The lowest BCUT2D eigenvalue weighted by molar-refractivity contribution is -0.132. The third-order valence-electron chi connectivity index (χ3n) is 4.07. The molecule has 1 saturated heterocycles. The largest absolute Gasteiger partial charge is 0.351 e. The van der Waals surface area contributed by atoms with Crippen molar-refractivity contribution in [2.75, 3.05) is 44.6 Å². The summed E-state index contributed by atoms with van der Waals surface area (Å²) in [6, 6.07) is 5.51. The van der Waals surface area contributed by atoms with Crippen molar-refractivity contribution >= 4 is 27.7 Å². The van der Waals surface area contributed by atoms with Crippen molar-refractivity contribution in [1.29, 1.82) is 0 Å². The summed E-state index contributed by atoms with van der Waals surface area (Å²) in [5.41, 5.74) is 0.457. The van der Waals surface area contributed by atoms with Gasteiger partial charge in [-0.05, 0) is 30.7 Å². The Kier molecular flexibility index (Phi) is 7.65. The van der Waals surface area contributed by atoms with Crippen LogP contribution < -0.4 is 5.32 Å². The highest BCUT2D eigenvalue weighted by molar-refractivity contribution is 9.09. The highest BCUT2D eigenvalue weighted by atomic mass is 79.9. The Morgan fingerprint density at radius 2 is 1.79 bits per heavy atom. The van der Waals surface area contributed by atoms with Crippen molar-refractivity contribution in [2.24, 2.45) is 0 Å². The van der Waals surface area contributed by atoms with E-state index < -0.39 is 0 Å². The summed E-state index contributed by atoms with van der Waals surface area (Å²) >= 11 is 3.34. The first-order valence-corrected chi connectivity index (χ1v) is 9.32. The number of hydrogen-bond acceptors (Lipinski definition) is 3. The van der Waals surface area contributed by atoms with Gasteiger partial charge in [0.1, 0.15) is 5.82 Å². The molecule has 1 N–H and O–H groups in total. The average molecular weight is 400 g/mol. The lowest BCUT2D eigenvalue weighted by atomic mass is 10.2. The van der Waals surface area contributed by atoms with E-state index in [0.29, 0.717) is 18.5 Å². The van der Waals surface area contributed by atoms with Crippen LogP contribution in [-0.4, -0.2) is 66.2 Å². The number of benzene rings is 1. The van der Waals surface area contributed by atoms with Crippen LogP contribution in [0.2, 0.25) is 0 Å². The van der Waals surface area contributed by atoms with E-state index in [1.165, 1.54) is 24.3 Å². The number of nitrogens with zero attached hydrogens (tertiary/aromatic N) is 2. The zero-order valence-electron chi connectivity index (χ0n) is 13.6. The van der Waals surface area contributed by atoms with E-state index in [0.717, 1.165) is 44.5 Å². The lowest BCUT2D eigenvalue weighted by Crippen LogP contribution is -2.50. The maximum absolute atomic E-state index is 12.8. The molecule has 1 aliphatic heterocycles. The van der Waals surface area contributed by atoms with Gasteiger partial charge in [-0.1, -0.05) is 15.9 Å². The van der Waals surface area contributed by atoms with Crippen LogP contribution in [0.5, 0.6) is 0 Å². The Hall–Kier alpha value is -1.47. The first-order chi connectivity index (χ1) is 11.6. The van der Waals surface area contributed by atoms with Gasteiger partial charge in [-0.3, -0.25) is 14.5 Å². The predicted octanol–water partition coefficient (Wildman–Crippen LogP) is 1.87. The first-order valence-electron chi connectivity index (χ1n) is 8.20. The lowest BCUT2D eigenvalue weighted by Gasteiger charge is -2.34. The quantitative estimate of drug-likeness (QED) is 0.712. The monoisotopic (exact) mass is 399 g/mol. The molecule has 0 aromatic heterocycles. The average Bonchev–Trinajstić information content (AvgIpc) is 2.60. The van der Waals surface area contributed by atoms with Crippen LogP contribution in [0.1, 0.15) is 23.2 Å². The molecule has 0 aliphatic carbocycles. The second kappa shape index (κ2) is 9.74. The molecule has 0 radical (unpaired) electrons. The minimum Gasteiger partial charge on any atom is -0.351 e. The summed E-state index contributed by atoms with van der Waals surface area (Å²) < 4.78 is 12.8. The summed E-state index contributed by atoms with van der Waals surface area (Å²) in [4.78, 5) is 28.0. The second-order valence-electron chi connectivity index (χ2n) is 5.78. The zero-order chi connectivity index (χ0) is 17.4. The van der Waals surface area contributed by atoms with Gasteiger partial charge >= 0.3 is 0 Å². The Morgan fingerprint density at radius 3 is 2.42 bits per heavy atom. The van der Waals surface area contributed by atoms with Crippen LogP contribution >= 0.6 is 15.9 Å². The molecule has 0 unspecified atom stereocenters. The van der Waals surface area contributed by atoms with Crippen molar-refractivity contribution in [1.82, 2.24) is 15.1 Å². The number of halogens is 2. The molecule has 1 aromatic carbocycles. The maximum Gasteiger partial charge on any atom is 0.251 e. The van der Waals surface area contributed by atoms with E-state index in [-0.39, 0.29) is 17.6 Å². The van der Waals surface area contributed by atoms with Gasteiger partial charge in [0.2, 0.25) is 5.91 Å². The van der Waals surface area contributed by atoms with Gasteiger partial charge in [0.25, 0.3) is 5.91 Å². The van der Waals surface area contributed by atoms with Crippen LogP contribution in [0, 0.1) is 5.82 Å². The molecule has 1 aliphatic rings. The topological polar surface area (TPSA) is 52.7 Å². The molecular weight excluding hydrogens is 377 g/mol. The van der Waals surface area contributed by atoms with E-state index in [1.54, 1.807) is 0 Å². The van der Waals surface area contributed by atoms with Gasteiger partial charge in [0, 0.05) is 56.6 Å². The SMILES string of the molecule is O=C(NCCN1CCN(C(=O)CCCBr)CC1)c1ccc(F)cc1. The van der Waals surface area contributed by atoms with Crippen LogP contribution in [0.3, 0.4) is 0 Å². The Balaban J connectivity index is 1.65. The highest BCUT2D eigenvalue weighted by Crippen LogP contribution is 2.06. The fourth-order valence-corrected chi connectivity index (χ4v) is 2.91. The third kappa shape index (κ3) is 5.87. The first kappa shape index (κ1) is 18.9. The smallest absolute Gasteiger partial charge is 0.251 e. The molecule has 1 fully saturated rings. The molecule has 2 amide bonds. The minimum atomic E-state index is -0.352. The number of rotatable bonds is 7. The van der Waals surface area contributed by atoms with Crippen LogP contribution in [-0.2, 0) is 4.79 Å². The second-order valence-corrected chi connectivity index (χ2v) is 6.57. The van der Waals surface area contributed by atoms with Gasteiger partial charge in [0.15, 0.2) is 0 Å². The van der Waals surface area contributed by atoms with Gasteiger partial charge in [-0.15, -0.1) is 0 Å². The fourth-order valence-electron chi connectivity index (χ4n) is 2.63. The van der Waals surface area contributed by atoms with Crippen LogP contribution in [0.25, 0.3) is 0 Å². The molecule has 24 heavy (non-hydrogen) atoms. The van der Waals surface area contributed by atoms with Gasteiger partial charge in [-0.2, -0.15) is 0 Å². The number of amides is 2. The Labute approximate surface area is 150 Å². The number of hydrogen-bond donors (Lipinski definition) is 1. The Morgan fingerprint density at radius 1 is 1.12 bits per heavy atom. The summed E-state index contributed by atoms with van der Waals surface area (Å²) in [6.45, 7) is 4.42. The number of piperazine rings is 1. The summed E-state index contributed by atoms with van der Waals surface area (Å²) in [6.07, 6.45) is 1.47. The molecule has 132 valence electrons. The summed E-state index contributed by atoms with van der Waals surface area (Å²) in [5.74, 6) is -0.326. The molecule has 2 rings (SSSR count). The standard InChI is InChI=1S/C17H23BrFN3O2/c18-7-1-2-16(23)22-12-10-21(11-13-22)9-8-20-17(24)14-3-5-15(19)6-4-14/h3-6H,1-2,7-13H2,(H,20,24). The molecular formula is C17H23BrFN3O2. The fraction of sp³-hybridized carbons (Fsp3) is 0.529. The van der Waals surface area contributed by atoms with Gasteiger partial charge in [0.05, 0.1) is 0 Å². The maximum atomic E-state index is 12.8. The molecule has 0 spiro atoms. The van der Waals surface area contributed by atoms with Gasteiger partial charge < -0.3 is 10.2 Å². The van der Waals surface area contributed by atoms with E-state index in [4.69, 9.17) is 0 Å². The van der Waals surface area contributed by atoms with E-state index >= 15 is 0 Å². The van der Waals surface area contributed by atoms with Crippen LogP contribution in [0.15, 0.2) is 24.3 Å². The van der Waals surface area contributed by atoms with Crippen molar-refractivity contribution in [3.05, 3.63) is 35.6 Å². The summed E-state index contributed by atoms with van der Waals surface area (Å²) in [7, 11) is 0. The summed E-state index contributed by atoms with van der Waals surface area (Å²) in [5, 5.41) is 3.69. The Bertz CT molecular complexity index is 545. The molecule has 5 nitrogen and oxygen atoms in total. The number of alkyl halides is 1. The van der Waals surface area contributed by atoms with Crippen LogP contribution in [0.4, 0.5) is 4.39 Å². The molecule has 0 saturated carbocycles. The molecule has 7 heteroatoms. The number of nitrogens with one attached hydrogen (secondary N) is 1. The van der Waals surface area contributed by atoms with Crippen molar-refractivity contribution in [3.8, 4) is 0 Å². The minimum absolute atomic E-state index is 0.196. The van der Waals surface area contributed by atoms with E-state index in [2.05, 4.69) is 26.1 Å². The normalized spacial score (nSPS) is 15.3. The predicted molar refractivity (Wildman–Crippen MR) is 94.8 cm³/mol. The highest BCUT2D eigenvalue weighted by Gasteiger charge is 2.20. The molecule has 1 aromatic rings. The number of carbonyl (C=O) groups excluding carboxylic acids is 2. The number of carbonyl (C=O) groups is 2. The van der Waals surface area contributed by atoms with Gasteiger partial charge in [-0.25, -0.2) is 4.39 Å². The van der Waals surface area contributed by atoms with Crippen molar-refractivity contribution in [2.45, 2.75) is 12.8 Å². The van der Waals surface area contributed by atoms with Crippen molar-refractivity contribution < 1.29 is 14.0 Å². The molecule has 0 bridgehead atoms. The third-order valence-corrected chi connectivity index (χ3v) is 4.63.